The molecule has 0 aliphatic heterocycles. The number of nitrogens with one attached hydrogen (secondary N) is 1. The number of hydrogen-bond acceptors (Lipinski definition) is 4. The monoisotopic (exact) mass is 412 g/mol. The summed E-state index contributed by atoms with van der Waals surface area (Å²) in [5.41, 5.74) is 5.16. The van der Waals surface area contributed by atoms with Crippen LogP contribution in [-0.4, -0.2) is 20.6 Å². The van der Waals surface area contributed by atoms with Crippen LogP contribution in [0.2, 0.25) is 0 Å². The first-order valence-electron chi connectivity index (χ1n) is 9.71. The number of rotatable bonds is 5. The summed E-state index contributed by atoms with van der Waals surface area (Å²) < 4.78 is 1.59. The maximum atomic E-state index is 13.1. The van der Waals surface area contributed by atoms with Gasteiger partial charge in [0, 0.05) is 23.4 Å². The van der Waals surface area contributed by atoms with E-state index in [1.54, 1.807) is 22.9 Å². The van der Waals surface area contributed by atoms with Crippen LogP contribution < -0.4 is 5.32 Å². The Morgan fingerprint density at radius 3 is 2.29 bits per heavy atom. The predicted molar refractivity (Wildman–Crippen MR) is 120 cm³/mol. The third-order valence-corrected chi connectivity index (χ3v) is 4.87. The summed E-state index contributed by atoms with van der Waals surface area (Å²) in [6, 6.07) is 23.0. The summed E-state index contributed by atoms with van der Waals surface area (Å²) in [7, 11) is 0. The van der Waals surface area contributed by atoms with Crippen molar-refractivity contribution < 1.29 is 9.72 Å². The van der Waals surface area contributed by atoms with Crippen LogP contribution in [0.4, 0.5) is 11.4 Å². The molecule has 0 saturated carbocycles. The summed E-state index contributed by atoms with van der Waals surface area (Å²) >= 11 is 0. The molecule has 3 aromatic carbocycles. The Bertz CT molecular complexity index is 1260. The van der Waals surface area contributed by atoms with E-state index in [0.717, 1.165) is 16.8 Å². The summed E-state index contributed by atoms with van der Waals surface area (Å²) in [6.07, 6.45) is 0. The fourth-order valence-corrected chi connectivity index (χ4v) is 3.23. The van der Waals surface area contributed by atoms with Gasteiger partial charge in [0.2, 0.25) is 0 Å². The number of anilines is 1. The lowest BCUT2D eigenvalue weighted by Gasteiger charge is -2.09. The lowest BCUT2D eigenvalue weighted by Crippen LogP contribution is -2.17. The van der Waals surface area contributed by atoms with Gasteiger partial charge in [0.25, 0.3) is 11.6 Å². The second kappa shape index (κ2) is 8.23. The van der Waals surface area contributed by atoms with E-state index >= 15 is 0 Å². The number of aryl methyl sites for hydroxylation is 2. The van der Waals surface area contributed by atoms with Crippen LogP contribution in [0, 0.1) is 24.0 Å². The molecule has 1 N–H and O–H groups in total. The van der Waals surface area contributed by atoms with Crippen molar-refractivity contribution in [3.63, 3.8) is 0 Å². The Balaban J connectivity index is 1.75. The standard InChI is InChI=1S/C24H20N4O3/c1-16-6-10-19(11-7-16)25-24(29)23-15-22(18-8-12-20(13-9-18)28(30)31)26-27(23)21-5-3-4-17(2)14-21/h3-15H,1-2H3,(H,25,29). The highest BCUT2D eigenvalue weighted by Gasteiger charge is 2.18. The van der Waals surface area contributed by atoms with Gasteiger partial charge in [0.05, 0.1) is 16.3 Å². The second-order valence-corrected chi connectivity index (χ2v) is 7.29. The minimum atomic E-state index is -0.449. The molecule has 0 aliphatic rings. The van der Waals surface area contributed by atoms with Crippen LogP contribution in [0.5, 0.6) is 0 Å². The van der Waals surface area contributed by atoms with Crippen molar-refractivity contribution in [3.8, 4) is 16.9 Å². The van der Waals surface area contributed by atoms with Gasteiger partial charge in [-0.15, -0.1) is 0 Å². The molecule has 154 valence electrons. The third kappa shape index (κ3) is 4.35. The molecular weight excluding hydrogens is 392 g/mol. The van der Waals surface area contributed by atoms with Crippen molar-refractivity contribution in [2.75, 3.05) is 5.32 Å². The minimum Gasteiger partial charge on any atom is -0.321 e. The van der Waals surface area contributed by atoms with E-state index in [0.29, 0.717) is 22.6 Å². The smallest absolute Gasteiger partial charge is 0.274 e. The Hall–Kier alpha value is -4.26. The van der Waals surface area contributed by atoms with Gasteiger partial charge in [-0.05, 0) is 61.9 Å². The molecule has 0 bridgehead atoms. The van der Waals surface area contributed by atoms with Crippen molar-refractivity contribution in [1.29, 1.82) is 0 Å². The predicted octanol–water partition coefficient (Wildman–Crippen LogP) is 5.32. The number of carbonyl (C=O) groups excluding carboxylic acids is 1. The molecule has 0 unspecified atom stereocenters. The van der Waals surface area contributed by atoms with Crippen LogP contribution in [0.15, 0.2) is 78.9 Å². The lowest BCUT2D eigenvalue weighted by atomic mass is 10.1. The fraction of sp³-hybridized carbons (Fsp3) is 0.0833. The first kappa shape index (κ1) is 20.0. The average molecular weight is 412 g/mol. The molecule has 7 nitrogen and oxygen atoms in total. The topological polar surface area (TPSA) is 90.1 Å². The third-order valence-electron chi connectivity index (χ3n) is 4.87. The van der Waals surface area contributed by atoms with Crippen molar-refractivity contribution in [3.05, 3.63) is 106 Å². The molecule has 0 radical (unpaired) electrons. The zero-order chi connectivity index (χ0) is 22.0. The Labute approximate surface area is 179 Å². The molecule has 1 amide bonds. The largest absolute Gasteiger partial charge is 0.321 e. The highest BCUT2D eigenvalue weighted by molar-refractivity contribution is 6.04. The first-order valence-corrected chi connectivity index (χ1v) is 9.71. The van der Waals surface area contributed by atoms with Gasteiger partial charge in [0.1, 0.15) is 5.69 Å². The van der Waals surface area contributed by atoms with E-state index in [4.69, 9.17) is 0 Å². The molecule has 0 saturated heterocycles. The number of benzene rings is 3. The number of nitro benzene ring substituents is 1. The molecule has 0 aliphatic carbocycles. The first-order chi connectivity index (χ1) is 14.9. The highest BCUT2D eigenvalue weighted by Crippen LogP contribution is 2.25. The van der Waals surface area contributed by atoms with Crippen molar-refractivity contribution in [2.45, 2.75) is 13.8 Å². The Morgan fingerprint density at radius 2 is 1.65 bits per heavy atom. The highest BCUT2D eigenvalue weighted by atomic mass is 16.6. The fourth-order valence-electron chi connectivity index (χ4n) is 3.23. The quantitative estimate of drug-likeness (QED) is 0.355. The SMILES string of the molecule is Cc1ccc(NC(=O)c2cc(-c3ccc([N+](=O)[O-])cc3)nn2-c2cccc(C)c2)cc1. The maximum absolute atomic E-state index is 13.1. The molecule has 0 atom stereocenters. The van der Waals surface area contributed by atoms with Gasteiger partial charge < -0.3 is 5.32 Å². The van der Waals surface area contributed by atoms with E-state index in [1.165, 1.54) is 12.1 Å². The number of nitro groups is 1. The molecule has 4 aromatic rings. The number of aromatic nitrogens is 2. The molecule has 0 spiro atoms. The molecule has 1 aromatic heterocycles. The molecule has 7 heteroatoms. The van der Waals surface area contributed by atoms with Crippen LogP contribution in [0.1, 0.15) is 21.6 Å². The van der Waals surface area contributed by atoms with Crippen LogP contribution in [0.3, 0.4) is 0 Å². The lowest BCUT2D eigenvalue weighted by molar-refractivity contribution is -0.384. The molecule has 1 heterocycles. The Kier molecular flexibility index (Phi) is 5.32. The normalized spacial score (nSPS) is 10.6. The minimum absolute atomic E-state index is 0.000737. The maximum Gasteiger partial charge on any atom is 0.274 e. The van der Waals surface area contributed by atoms with Gasteiger partial charge in [-0.1, -0.05) is 29.8 Å². The van der Waals surface area contributed by atoms with Gasteiger partial charge in [0.15, 0.2) is 0 Å². The van der Waals surface area contributed by atoms with Gasteiger partial charge >= 0.3 is 0 Å². The summed E-state index contributed by atoms with van der Waals surface area (Å²) in [5, 5.41) is 18.5. The van der Waals surface area contributed by atoms with E-state index in [2.05, 4.69) is 10.4 Å². The van der Waals surface area contributed by atoms with Crippen molar-refractivity contribution in [1.82, 2.24) is 9.78 Å². The van der Waals surface area contributed by atoms with Crippen molar-refractivity contribution in [2.24, 2.45) is 0 Å². The summed E-state index contributed by atoms with van der Waals surface area (Å²) in [4.78, 5) is 23.6. The Morgan fingerprint density at radius 1 is 0.935 bits per heavy atom. The van der Waals surface area contributed by atoms with Gasteiger partial charge in [-0.3, -0.25) is 14.9 Å². The van der Waals surface area contributed by atoms with Crippen LogP contribution in [0.25, 0.3) is 16.9 Å². The zero-order valence-corrected chi connectivity index (χ0v) is 17.1. The van der Waals surface area contributed by atoms with E-state index in [1.807, 2.05) is 62.4 Å². The van der Waals surface area contributed by atoms with Gasteiger partial charge in [-0.25, -0.2) is 4.68 Å². The van der Waals surface area contributed by atoms with Crippen LogP contribution >= 0.6 is 0 Å². The average Bonchev–Trinajstić information content (AvgIpc) is 3.21. The van der Waals surface area contributed by atoms with Crippen LogP contribution in [-0.2, 0) is 0 Å². The zero-order valence-electron chi connectivity index (χ0n) is 17.1. The van der Waals surface area contributed by atoms with Gasteiger partial charge in [-0.2, -0.15) is 5.10 Å². The number of non-ortho nitro benzene ring substituents is 1. The number of nitrogens with zero attached hydrogens (tertiary/aromatic N) is 3. The van der Waals surface area contributed by atoms with Crippen molar-refractivity contribution >= 4 is 17.3 Å². The van der Waals surface area contributed by atoms with E-state index in [9.17, 15) is 14.9 Å². The van der Waals surface area contributed by atoms with E-state index in [-0.39, 0.29) is 11.6 Å². The molecular formula is C24H20N4O3. The number of carbonyl (C=O) groups is 1. The number of amides is 1. The van der Waals surface area contributed by atoms with E-state index < -0.39 is 4.92 Å². The molecule has 4 rings (SSSR count). The molecule has 0 fully saturated rings. The number of hydrogen-bond donors (Lipinski definition) is 1. The molecule has 31 heavy (non-hydrogen) atoms. The summed E-state index contributed by atoms with van der Waals surface area (Å²) in [5.74, 6) is -0.300. The second-order valence-electron chi connectivity index (χ2n) is 7.29. The summed E-state index contributed by atoms with van der Waals surface area (Å²) in [6.45, 7) is 3.95.